The van der Waals surface area contributed by atoms with E-state index in [1.165, 1.54) is 0 Å². The molecule has 0 saturated heterocycles. The predicted octanol–water partition coefficient (Wildman–Crippen LogP) is 4.15. The summed E-state index contributed by atoms with van der Waals surface area (Å²) in [4.78, 5) is 12.2. The van der Waals surface area contributed by atoms with Gasteiger partial charge in [0.05, 0.1) is 0 Å². The molecule has 1 aliphatic rings. The highest BCUT2D eigenvalue weighted by molar-refractivity contribution is 5.95. The van der Waals surface area contributed by atoms with Crippen LogP contribution in [0.2, 0.25) is 0 Å². The molecule has 1 heteroatoms. The summed E-state index contributed by atoms with van der Waals surface area (Å²) in [7, 11) is 0. The fraction of sp³-hybridized carbons (Fsp3) is 0.667. The average molecular weight is 220 g/mol. The van der Waals surface area contributed by atoms with Crippen molar-refractivity contribution in [2.24, 2.45) is 17.3 Å². The third-order valence-corrected chi connectivity index (χ3v) is 3.72. The van der Waals surface area contributed by atoms with E-state index in [1.807, 2.05) is 13.8 Å². The van der Waals surface area contributed by atoms with Gasteiger partial charge in [-0.05, 0) is 44.1 Å². The number of carbonyl (C=O) groups excluding carboxylic acids is 1. The molecule has 1 fully saturated rings. The summed E-state index contributed by atoms with van der Waals surface area (Å²) in [6.45, 7) is 14.6. The highest BCUT2D eigenvalue weighted by Gasteiger charge is 2.40. The van der Waals surface area contributed by atoms with Crippen LogP contribution in [-0.4, -0.2) is 5.78 Å². The van der Waals surface area contributed by atoms with Gasteiger partial charge in [-0.2, -0.15) is 0 Å². The Morgan fingerprint density at radius 1 is 1.44 bits per heavy atom. The molecule has 1 saturated carbocycles. The number of hydrogen-bond donors (Lipinski definition) is 0. The van der Waals surface area contributed by atoms with Crippen LogP contribution in [0.25, 0.3) is 0 Å². The van der Waals surface area contributed by atoms with Gasteiger partial charge in [0, 0.05) is 5.92 Å². The van der Waals surface area contributed by atoms with E-state index >= 15 is 0 Å². The number of rotatable bonds is 2. The van der Waals surface area contributed by atoms with Gasteiger partial charge in [-0.25, -0.2) is 0 Å². The van der Waals surface area contributed by atoms with Gasteiger partial charge in [0.1, 0.15) is 0 Å². The van der Waals surface area contributed by atoms with Gasteiger partial charge in [-0.3, -0.25) is 4.79 Å². The molecule has 0 heterocycles. The second kappa shape index (κ2) is 4.57. The summed E-state index contributed by atoms with van der Waals surface area (Å²) in [6, 6.07) is 0. The van der Waals surface area contributed by atoms with Crippen LogP contribution in [0, 0.1) is 17.3 Å². The third kappa shape index (κ3) is 2.63. The maximum absolute atomic E-state index is 12.2. The summed E-state index contributed by atoms with van der Waals surface area (Å²) < 4.78 is 0. The Bertz CT molecular complexity index is 329. The van der Waals surface area contributed by atoms with Gasteiger partial charge in [-0.1, -0.05) is 38.5 Å². The molecular formula is C15H24O. The zero-order chi connectivity index (χ0) is 12.5. The smallest absolute Gasteiger partial charge is 0.163 e. The first-order chi connectivity index (χ1) is 7.25. The maximum Gasteiger partial charge on any atom is 0.163 e. The van der Waals surface area contributed by atoms with Gasteiger partial charge in [0.25, 0.3) is 0 Å². The molecule has 90 valence electrons. The molecule has 16 heavy (non-hydrogen) atoms. The number of carbonyl (C=O) groups is 1. The minimum absolute atomic E-state index is 0.00569. The van der Waals surface area contributed by atoms with Crippen LogP contribution >= 0.6 is 0 Å². The van der Waals surface area contributed by atoms with Crippen molar-refractivity contribution in [3.8, 4) is 0 Å². The fourth-order valence-electron chi connectivity index (χ4n) is 2.64. The third-order valence-electron chi connectivity index (χ3n) is 3.72. The monoisotopic (exact) mass is 220 g/mol. The van der Waals surface area contributed by atoms with Crippen molar-refractivity contribution in [3.05, 3.63) is 23.8 Å². The Hall–Kier alpha value is -0.850. The van der Waals surface area contributed by atoms with Crippen molar-refractivity contribution in [1.82, 2.24) is 0 Å². The summed E-state index contributed by atoms with van der Waals surface area (Å²) in [5.41, 5.74) is 2.26. The largest absolute Gasteiger partial charge is 0.294 e. The van der Waals surface area contributed by atoms with E-state index in [4.69, 9.17) is 0 Å². The highest BCUT2D eigenvalue weighted by Crippen LogP contribution is 2.46. The lowest BCUT2D eigenvalue weighted by Gasteiger charge is -2.41. The van der Waals surface area contributed by atoms with Crippen LogP contribution in [0.4, 0.5) is 0 Å². The molecule has 0 aromatic heterocycles. The normalized spacial score (nSPS) is 28.7. The van der Waals surface area contributed by atoms with Crippen molar-refractivity contribution >= 4 is 5.78 Å². The molecule has 0 bridgehead atoms. The van der Waals surface area contributed by atoms with Gasteiger partial charge in [-0.15, -0.1) is 0 Å². The Labute approximate surface area is 99.6 Å². The first-order valence-corrected chi connectivity index (χ1v) is 6.13. The van der Waals surface area contributed by atoms with Crippen LogP contribution in [0.1, 0.15) is 47.5 Å². The van der Waals surface area contributed by atoms with E-state index in [9.17, 15) is 4.79 Å². The van der Waals surface area contributed by atoms with Gasteiger partial charge in [0.15, 0.2) is 5.78 Å². The molecule has 0 spiro atoms. The highest BCUT2D eigenvalue weighted by atomic mass is 16.1. The summed E-state index contributed by atoms with van der Waals surface area (Å²) in [5.74, 6) is 0.722. The summed E-state index contributed by atoms with van der Waals surface area (Å²) >= 11 is 0. The second-order valence-electron chi connectivity index (χ2n) is 6.06. The quantitative estimate of drug-likeness (QED) is 0.504. The van der Waals surface area contributed by atoms with Crippen molar-refractivity contribution in [2.45, 2.75) is 47.5 Å². The van der Waals surface area contributed by atoms with Crippen LogP contribution in [0.15, 0.2) is 23.8 Å². The maximum atomic E-state index is 12.2. The predicted molar refractivity (Wildman–Crippen MR) is 69.2 cm³/mol. The average Bonchev–Trinajstić information content (AvgIpc) is 2.10. The molecule has 1 nitrogen and oxygen atoms in total. The zero-order valence-electron chi connectivity index (χ0n) is 11.3. The zero-order valence-corrected chi connectivity index (χ0v) is 11.3. The molecule has 1 aliphatic carbocycles. The van der Waals surface area contributed by atoms with E-state index in [-0.39, 0.29) is 17.1 Å². The summed E-state index contributed by atoms with van der Waals surface area (Å²) in [5, 5.41) is 0. The molecular weight excluding hydrogens is 196 g/mol. The lowest BCUT2D eigenvalue weighted by atomic mass is 9.62. The molecule has 0 aromatic carbocycles. The molecule has 2 atom stereocenters. The van der Waals surface area contributed by atoms with E-state index in [1.54, 1.807) is 6.08 Å². The van der Waals surface area contributed by atoms with E-state index < -0.39 is 0 Å². The minimum Gasteiger partial charge on any atom is -0.294 e. The Balaban J connectivity index is 3.01. The Morgan fingerprint density at radius 2 is 2.00 bits per heavy atom. The number of hydrogen-bond acceptors (Lipinski definition) is 1. The van der Waals surface area contributed by atoms with Crippen molar-refractivity contribution in [1.29, 1.82) is 0 Å². The minimum atomic E-state index is 0.00569. The molecule has 0 aromatic rings. The van der Waals surface area contributed by atoms with Crippen LogP contribution in [0.3, 0.4) is 0 Å². The lowest BCUT2D eigenvalue weighted by molar-refractivity contribution is -0.121. The van der Waals surface area contributed by atoms with E-state index in [0.29, 0.717) is 5.92 Å². The Morgan fingerprint density at radius 3 is 2.50 bits per heavy atom. The molecule has 0 N–H and O–H groups in total. The molecule has 0 amide bonds. The summed E-state index contributed by atoms with van der Waals surface area (Å²) in [6.07, 6.45) is 4.04. The first kappa shape index (κ1) is 13.2. The molecule has 0 aliphatic heterocycles. The molecule has 0 radical (unpaired) electrons. The van der Waals surface area contributed by atoms with Crippen LogP contribution in [0.5, 0.6) is 0 Å². The van der Waals surface area contributed by atoms with Gasteiger partial charge < -0.3 is 0 Å². The van der Waals surface area contributed by atoms with E-state index in [2.05, 4.69) is 27.4 Å². The van der Waals surface area contributed by atoms with Gasteiger partial charge in [0.2, 0.25) is 0 Å². The number of ketones is 1. The van der Waals surface area contributed by atoms with Crippen LogP contribution < -0.4 is 0 Å². The molecule has 1 rings (SSSR count). The first-order valence-electron chi connectivity index (χ1n) is 6.13. The standard InChI is InChI=1S/C15H24O/c1-10(2)9-13(16)14-12(4)11(3)7-8-15(14,5)6/h9,11,14H,4,7-8H2,1-3,5-6H3/t11-,14-/m0/s1. The molecule has 0 unspecified atom stereocenters. The fourth-order valence-corrected chi connectivity index (χ4v) is 2.64. The number of allylic oxidation sites excluding steroid dienone is 3. The topological polar surface area (TPSA) is 17.1 Å². The van der Waals surface area contributed by atoms with Gasteiger partial charge >= 0.3 is 0 Å². The van der Waals surface area contributed by atoms with Crippen LogP contribution in [-0.2, 0) is 4.79 Å². The lowest BCUT2D eigenvalue weighted by Crippen LogP contribution is -2.37. The second-order valence-corrected chi connectivity index (χ2v) is 6.06. The Kier molecular flexibility index (Phi) is 3.77. The van der Waals surface area contributed by atoms with Crippen molar-refractivity contribution in [3.63, 3.8) is 0 Å². The van der Waals surface area contributed by atoms with E-state index in [0.717, 1.165) is 24.0 Å². The SMILES string of the molecule is C=C1[C@@H](C(=O)C=C(C)C)C(C)(C)CC[C@@H]1C. The van der Waals surface area contributed by atoms with Crippen molar-refractivity contribution in [2.75, 3.05) is 0 Å². The van der Waals surface area contributed by atoms with Crippen molar-refractivity contribution < 1.29 is 4.79 Å².